The van der Waals surface area contributed by atoms with Crippen molar-refractivity contribution < 1.29 is 28.3 Å². The van der Waals surface area contributed by atoms with Gasteiger partial charge in [0.15, 0.2) is 12.4 Å². The van der Waals surface area contributed by atoms with Crippen LogP contribution in [0.4, 0.5) is 5.69 Å². The Morgan fingerprint density at radius 3 is 2.55 bits per heavy atom. The average Bonchev–Trinajstić information content (AvgIpc) is 3.27. The first kappa shape index (κ1) is 22.4. The third-order valence-corrected chi connectivity index (χ3v) is 5.74. The highest BCUT2D eigenvalue weighted by Gasteiger charge is 2.43. The molecule has 33 heavy (non-hydrogen) atoms. The lowest BCUT2D eigenvalue weighted by atomic mass is 9.83. The molecule has 172 valence electrons. The van der Waals surface area contributed by atoms with Crippen molar-refractivity contribution in [2.75, 3.05) is 19.1 Å². The first-order valence-corrected chi connectivity index (χ1v) is 10.7. The van der Waals surface area contributed by atoms with Gasteiger partial charge in [-0.25, -0.2) is 0 Å². The molecule has 1 saturated heterocycles. The van der Waals surface area contributed by atoms with Crippen LogP contribution in [-0.4, -0.2) is 31.3 Å². The van der Waals surface area contributed by atoms with Crippen LogP contribution >= 0.6 is 0 Å². The number of anilines is 1. The highest BCUT2D eigenvalue weighted by Crippen LogP contribution is 2.43. The van der Waals surface area contributed by atoms with Gasteiger partial charge in [0.25, 0.3) is 0 Å². The number of carbonyl (C=O) groups is 2. The molecule has 2 heterocycles. The Labute approximate surface area is 192 Å². The predicted molar refractivity (Wildman–Crippen MR) is 120 cm³/mol. The maximum atomic E-state index is 13.3. The summed E-state index contributed by atoms with van der Waals surface area (Å²) in [6.07, 6.45) is 0.585. The topological polar surface area (TPSA) is 91.1 Å². The molecular weight excluding hydrogens is 424 g/mol. The molecule has 0 radical (unpaired) electrons. The largest absolute Gasteiger partial charge is 0.497 e. The fourth-order valence-corrected chi connectivity index (χ4v) is 4.19. The van der Waals surface area contributed by atoms with Crippen molar-refractivity contribution in [3.8, 4) is 11.5 Å². The van der Waals surface area contributed by atoms with Gasteiger partial charge in [0.2, 0.25) is 5.91 Å². The van der Waals surface area contributed by atoms with Crippen LogP contribution in [0, 0.1) is 12.8 Å². The Morgan fingerprint density at radius 2 is 1.88 bits per heavy atom. The van der Waals surface area contributed by atoms with E-state index in [1.54, 1.807) is 44.2 Å². The van der Waals surface area contributed by atoms with Gasteiger partial charge in [-0.2, -0.15) is 0 Å². The van der Waals surface area contributed by atoms with Crippen molar-refractivity contribution in [3.05, 3.63) is 71.6 Å². The normalized spacial score (nSPS) is 18.2. The number of amides is 1. The molecular formula is C25H26N2O6. The fourth-order valence-electron chi connectivity index (χ4n) is 4.19. The number of para-hydroxylation sites is 1. The van der Waals surface area contributed by atoms with Crippen molar-refractivity contribution in [2.45, 2.75) is 32.4 Å². The molecule has 0 spiro atoms. The number of carbonyl (C=O) groups excluding carboxylic acids is 2. The van der Waals surface area contributed by atoms with Gasteiger partial charge in [-0.1, -0.05) is 23.4 Å². The molecule has 3 aromatic rings. The smallest absolute Gasteiger partial charge is 0.311 e. The second-order valence-electron chi connectivity index (χ2n) is 7.84. The van der Waals surface area contributed by atoms with E-state index in [0.29, 0.717) is 35.1 Å². The van der Waals surface area contributed by atoms with Crippen molar-refractivity contribution in [1.29, 1.82) is 0 Å². The maximum Gasteiger partial charge on any atom is 0.311 e. The van der Waals surface area contributed by atoms with Crippen LogP contribution in [0.2, 0.25) is 0 Å². The molecule has 0 N–H and O–H groups in total. The number of benzene rings is 2. The molecule has 0 bridgehead atoms. The van der Waals surface area contributed by atoms with Crippen molar-refractivity contribution in [3.63, 3.8) is 0 Å². The molecule has 2 atom stereocenters. The highest BCUT2D eigenvalue weighted by molar-refractivity contribution is 5.97. The van der Waals surface area contributed by atoms with E-state index in [-0.39, 0.29) is 18.9 Å². The Bertz CT molecular complexity index is 1120. The van der Waals surface area contributed by atoms with E-state index >= 15 is 0 Å². The van der Waals surface area contributed by atoms with Crippen LogP contribution in [0.25, 0.3) is 0 Å². The second-order valence-corrected chi connectivity index (χ2v) is 7.84. The molecule has 0 saturated carbocycles. The number of piperidine rings is 1. The summed E-state index contributed by atoms with van der Waals surface area (Å²) in [5.41, 5.74) is 2.11. The van der Waals surface area contributed by atoms with Gasteiger partial charge in [0, 0.05) is 23.7 Å². The SMILES string of the molecule is COc1ccc(N2C(=O)CC[C@@H](C(=O)OCc3cc(C)no3)[C@@H]2c2ccccc2OC)cc1. The summed E-state index contributed by atoms with van der Waals surface area (Å²) in [7, 11) is 3.15. The zero-order chi connectivity index (χ0) is 23.4. The van der Waals surface area contributed by atoms with Gasteiger partial charge in [-0.3, -0.25) is 9.59 Å². The van der Waals surface area contributed by atoms with E-state index in [1.165, 1.54) is 0 Å². The quantitative estimate of drug-likeness (QED) is 0.498. The summed E-state index contributed by atoms with van der Waals surface area (Å²) in [5.74, 6) is 0.658. The number of nitrogens with zero attached hydrogens (tertiary/aromatic N) is 2. The average molecular weight is 450 g/mol. The molecule has 8 nitrogen and oxygen atoms in total. The first-order chi connectivity index (χ1) is 16.0. The molecule has 1 aromatic heterocycles. The Kier molecular flexibility index (Phi) is 6.63. The maximum absolute atomic E-state index is 13.3. The molecule has 2 aromatic carbocycles. The summed E-state index contributed by atoms with van der Waals surface area (Å²) in [4.78, 5) is 28.1. The minimum atomic E-state index is -0.597. The van der Waals surface area contributed by atoms with Gasteiger partial charge in [0.1, 0.15) is 11.5 Å². The first-order valence-electron chi connectivity index (χ1n) is 10.7. The Hall–Kier alpha value is -3.81. The third-order valence-electron chi connectivity index (χ3n) is 5.74. The van der Waals surface area contributed by atoms with Crippen LogP contribution in [0.1, 0.15) is 35.9 Å². The number of methoxy groups -OCH3 is 2. The number of aryl methyl sites for hydroxylation is 1. The van der Waals surface area contributed by atoms with Crippen molar-refractivity contribution in [2.24, 2.45) is 5.92 Å². The number of hydrogen-bond acceptors (Lipinski definition) is 7. The third kappa shape index (κ3) is 4.69. The fraction of sp³-hybridized carbons (Fsp3) is 0.320. The standard InChI is InChI=1S/C25H26N2O6/c1-16-14-19(33-26-16)15-32-25(29)21-12-13-23(28)27(17-8-10-18(30-2)11-9-17)24(21)20-6-4-5-7-22(20)31-3/h4-11,14,21,24H,12-13,15H2,1-3H3/t21-,24+/m1/s1. The van der Waals surface area contributed by atoms with Gasteiger partial charge >= 0.3 is 5.97 Å². The zero-order valence-electron chi connectivity index (χ0n) is 18.8. The van der Waals surface area contributed by atoms with Crippen molar-refractivity contribution in [1.82, 2.24) is 5.16 Å². The summed E-state index contributed by atoms with van der Waals surface area (Å²) in [6.45, 7) is 1.78. The molecule has 0 aliphatic carbocycles. The summed E-state index contributed by atoms with van der Waals surface area (Å²) >= 11 is 0. The van der Waals surface area contributed by atoms with Gasteiger partial charge < -0.3 is 23.6 Å². The number of aromatic nitrogens is 1. The zero-order valence-corrected chi connectivity index (χ0v) is 18.8. The summed E-state index contributed by atoms with van der Waals surface area (Å²) < 4.78 is 21.6. The Balaban J connectivity index is 1.71. The predicted octanol–water partition coefficient (Wildman–Crippen LogP) is 4.23. The van der Waals surface area contributed by atoms with Gasteiger partial charge in [-0.15, -0.1) is 0 Å². The Morgan fingerprint density at radius 1 is 1.12 bits per heavy atom. The minimum Gasteiger partial charge on any atom is -0.497 e. The summed E-state index contributed by atoms with van der Waals surface area (Å²) in [5, 5.41) is 3.82. The minimum absolute atomic E-state index is 0.0225. The van der Waals surface area contributed by atoms with Gasteiger partial charge in [0.05, 0.1) is 31.9 Å². The van der Waals surface area contributed by atoms with E-state index < -0.39 is 17.9 Å². The van der Waals surface area contributed by atoms with E-state index in [2.05, 4.69) is 5.16 Å². The molecule has 1 amide bonds. The van der Waals surface area contributed by atoms with Crippen LogP contribution < -0.4 is 14.4 Å². The summed E-state index contributed by atoms with van der Waals surface area (Å²) in [6, 6.07) is 15.7. The van der Waals surface area contributed by atoms with Crippen molar-refractivity contribution >= 4 is 17.6 Å². The van der Waals surface area contributed by atoms with E-state index in [1.807, 2.05) is 36.4 Å². The number of esters is 1. The second kappa shape index (κ2) is 9.77. The van der Waals surface area contributed by atoms with Crippen LogP contribution in [0.3, 0.4) is 0 Å². The number of ether oxygens (including phenoxy) is 3. The lowest BCUT2D eigenvalue weighted by Gasteiger charge is -2.40. The highest BCUT2D eigenvalue weighted by atomic mass is 16.5. The van der Waals surface area contributed by atoms with E-state index in [4.69, 9.17) is 18.7 Å². The lowest BCUT2D eigenvalue weighted by molar-refractivity contribution is -0.152. The van der Waals surface area contributed by atoms with Crippen LogP contribution in [0.15, 0.2) is 59.1 Å². The van der Waals surface area contributed by atoms with E-state index in [0.717, 1.165) is 5.56 Å². The van der Waals surface area contributed by atoms with Crippen LogP contribution in [0.5, 0.6) is 11.5 Å². The molecule has 1 aliphatic heterocycles. The number of hydrogen-bond donors (Lipinski definition) is 0. The molecule has 4 rings (SSSR count). The van der Waals surface area contributed by atoms with E-state index in [9.17, 15) is 9.59 Å². The molecule has 1 aliphatic rings. The van der Waals surface area contributed by atoms with Gasteiger partial charge in [-0.05, 0) is 43.7 Å². The number of rotatable bonds is 7. The van der Waals surface area contributed by atoms with Crippen LogP contribution in [-0.2, 0) is 20.9 Å². The molecule has 0 unspecified atom stereocenters. The monoisotopic (exact) mass is 450 g/mol. The molecule has 1 fully saturated rings. The lowest BCUT2D eigenvalue weighted by Crippen LogP contribution is -2.46. The molecule has 8 heteroatoms.